The normalized spacial score (nSPS) is 27.1. The largest absolute Gasteiger partial charge is 0.362 e. The van der Waals surface area contributed by atoms with Crippen LogP contribution in [0.5, 0.6) is 0 Å². The molecule has 1 N–H and O–H groups in total. The molecule has 2 aliphatic rings. The molecule has 0 bridgehead atoms. The van der Waals surface area contributed by atoms with Crippen LogP contribution in [0.1, 0.15) is 32.6 Å². The first-order valence-corrected chi connectivity index (χ1v) is 9.82. The number of nitrogens with one attached hydrogen (secondary N) is 1. The summed E-state index contributed by atoms with van der Waals surface area (Å²) in [6, 6.07) is 4.53. The fourth-order valence-electron chi connectivity index (χ4n) is 4.23. The van der Waals surface area contributed by atoms with Crippen molar-refractivity contribution in [1.82, 2.24) is 4.72 Å². The number of hydrogen-bond donors (Lipinski definition) is 1. The molecule has 3 unspecified atom stereocenters. The van der Waals surface area contributed by atoms with Gasteiger partial charge in [0.15, 0.2) is 0 Å². The highest BCUT2D eigenvalue weighted by Crippen LogP contribution is 2.44. The van der Waals surface area contributed by atoms with Gasteiger partial charge < -0.3 is 4.90 Å². The first-order chi connectivity index (χ1) is 11.3. The van der Waals surface area contributed by atoms with Crippen LogP contribution in [0.2, 0.25) is 0 Å². The van der Waals surface area contributed by atoms with Gasteiger partial charge in [-0.2, -0.15) is 0 Å². The van der Waals surface area contributed by atoms with E-state index in [2.05, 4.69) is 16.5 Å². The van der Waals surface area contributed by atoms with Gasteiger partial charge >= 0.3 is 0 Å². The fraction of sp³-hybridized carbons (Fsp3) is 0.625. The minimum absolute atomic E-state index is 0.0760. The van der Waals surface area contributed by atoms with Crippen LogP contribution in [-0.2, 0) is 10.0 Å². The van der Waals surface area contributed by atoms with Crippen molar-refractivity contribution in [2.24, 2.45) is 11.8 Å². The first-order valence-electron chi connectivity index (χ1n) is 8.34. The minimum Gasteiger partial charge on any atom is -0.362 e. The molecular formula is C16H23N3O4S. The molecule has 1 aliphatic heterocycles. The zero-order chi connectivity index (χ0) is 17.5. The highest BCUT2D eigenvalue weighted by Gasteiger charge is 2.42. The SMILES string of the molecule is CNS(=O)(=O)c1ccc(N2CC(C)C3CCCCC32)c([N+](=O)[O-])c1. The first kappa shape index (κ1) is 17.2. The minimum atomic E-state index is -3.70. The highest BCUT2D eigenvalue weighted by atomic mass is 32.2. The van der Waals surface area contributed by atoms with E-state index in [0.29, 0.717) is 23.6 Å². The van der Waals surface area contributed by atoms with E-state index >= 15 is 0 Å². The number of fused-ring (bicyclic) bond motifs is 1. The second kappa shape index (κ2) is 6.33. The molecule has 7 nitrogen and oxygen atoms in total. The number of hydrogen-bond acceptors (Lipinski definition) is 5. The number of nitro benzene ring substituents is 1. The van der Waals surface area contributed by atoms with Crippen LogP contribution in [0.3, 0.4) is 0 Å². The molecule has 3 atom stereocenters. The van der Waals surface area contributed by atoms with Gasteiger partial charge in [0.2, 0.25) is 10.0 Å². The van der Waals surface area contributed by atoms with E-state index in [1.165, 1.54) is 32.0 Å². The van der Waals surface area contributed by atoms with Gasteiger partial charge in [-0.05, 0) is 43.9 Å². The summed E-state index contributed by atoms with van der Waals surface area (Å²) >= 11 is 0. The average Bonchev–Trinajstić information content (AvgIpc) is 2.91. The summed E-state index contributed by atoms with van der Waals surface area (Å²) in [5.41, 5.74) is 0.404. The van der Waals surface area contributed by atoms with Gasteiger partial charge in [-0.15, -0.1) is 0 Å². The van der Waals surface area contributed by atoms with Gasteiger partial charge in [-0.1, -0.05) is 19.8 Å². The van der Waals surface area contributed by atoms with Crippen molar-refractivity contribution in [3.8, 4) is 0 Å². The third-order valence-corrected chi connectivity index (χ3v) is 6.84. The summed E-state index contributed by atoms with van der Waals surface area (Å²) in [6.45, 7) is 2.99. The Bertz CT molecular complexity index is 750. The van der Waals surface area contributed by atoms with Crippen molar-refractivity contribution >= 4 is 21.4 Å². The van der Waals surface area contributed by atoms with E-state index in [0.717, 1.165) is 19.4 Å². The molecule has 0 amide bonds. The van der Waals surface area contributed by atoms with Crippen molar-refractivity contribution in [2.75, 3.05) is 18.5 Å². The molecule has 8 heteroatoms. The Labute approximate surface area is 142 Å². The molecule has 3 rings (SSSR count). The Morgan fingerprint density at radius 1 is 1.29 bits per heavy atom. The molecule has 1 aromatic carbocycles. The van der Waals surface area contributed by atoms with E-state index in [1.54, 1.807) is 6.07 Å². The predicted molar refractivity (Wildman–Crippen MR) is 91.6 cm³/mol. The number of benzene rings is 1. The zero-order valence-electron chi connectivity index (χ0n) is 13.9. The molecule has 0 aromatic heterocycles. The number of rotatable bonds is 4. The quantitative estimate of drug-likeness (QED) is 0.663. The maximum atomic E-state index is 11.9. The molecule has 0 spiro atoms. The third kappa shape index (κ3) is 2.88. The molecule has 1 saturated heterocycles. The van der Waals surface area contributed by atoms with E-state index in [1.807, 2.05) is 0 Å². The summed E-state index contributed by atoms with van der Waals surface area (Å²) in [5.74, 6) is 1.06. The van der Waals surface area contributed by atoms with Crippen LogP contribution in [-0.4, -0.2) is 33.0 Å². The summed E-state index contributed by atoms with van der Waals surface area (Å²) < 4.78 is 26.1. The van der Waals surface area contributed by atoms with E-state index < -0.39 is 14.9 Å². The van der Waals surface area contributed by atoms with E-state index in [9.17, 15) is 18.5 Å². The molecule has 0 radical (unpaired) electrons. The molecule has 24 heavy (non-hydrogen) atoms. The Morgan fingerprint density at radius 2 is 2.00 bits per heavy atom. The standard InChI is InChI=1S/C16H23N3O4S/c1-11-10-18(14-6-4-3-5-13(11)14)15-8-7-12(24(22,23)17-2)9-16(15)19(20)21/h7-9,11,13-14,17H,3-6,10H2,1-2H3. The van der Waals surface area contributed by atoms with Gasteiger partial charge in [0.05, 0.1) is 9.82 Å². The monoisotopic (exact) mass is 353 g/mol. The predicted octanol–water partition coefficient (Wildman–Crippen LogP) is 2.52. The molecule has 1 saturated carbocycles. The third-order valence-electron chi connectivity index (χ3n) is 5.43. The summed E-state index contributed by atoms with van der Waals surface area (Å²) in [4.78, 5) is 13.1. The number of nitro groups is 1. The topological polar surface area (TPSA) is 92.6 Å². The van der Waals surface area contributed by atoms with Crippen molar-refractivity contribution < 1.29 is 13.3 Å². The van der Waals surface area contributed by atoms with Gasteiger partial charge in [-0.3, -0.25) is 10.1 Å². The molecule has 1 heterocycles. The second-order valence-corrected chi connectivity index (χ2v) is 8.65. The second-order valence-electron chi connectivity index (χ2n) is 6.76. The van der Waals surface area contributed by atoms with Crippen molar-refractivity contribution in [1.29, 1.82) is 0 Å². The summed E-state index contributed by atoms with van der Waals surface area (Å²) in [7, 11) is -2.41. The van der Waals surface area contributed by atoms with Crippen molar-refractivity contribution in [2.45, 2.75) is 43.5 Å². The van der Waals surface area contributed by atoms with Crippen molar-refractivity contribution in [3.63, 3.8) is 0 Å². The highest BCUT2D eigenvalue weighted by molar-refractivity contribution is 7.89. The number of sulfonamides is 1. The van der Waals surface area contributed by atoms with Gasteiger partial charge in [0.25, 0.3) is 5.69 Å². The molecule has 132 valence electrons. The van der Waals surface area contributed by atoms with E-state index in [4.69, 9.17) is 0 Å². The zero-order valence-corrected chi connectivity index (χ0v) is 14.8. The van der Waals surface area contributed by atoms with Crippen LogP contribution in [0.25, 0.3) is 0 Å². The maximum Gasteiger partial charge on any atom is 0.293 e. The smallest absolute Gasteiger partial charge is 0.293 e. The fourth-order valence-corrected chi connectivity index (χ4v) is 4.98. The average molecular weight is 353 g/mol. The number of anilines is 1. The molecular weight excluding hydrogens is 330 g/mol. The van der Waals surface area contributed by atoms with Gasteiger partial charge in [0.1, 0.15) is 5.69 Å². The Balaban J connectivity index is 2.03. The van der Waals surface area contributed by atoms with Crippen LogP contribution in [0.15, 0.2) is 23.1 Å². The Kier molecular flexibility index (Phi) is 4.52. The van der Waals surface area contributed by atoms with Crippen LogP contribution >= 0.6 is 0 Å². The van der Waals surface area contributed by atoms with Crippen LogP contribution in [0, 0.1) is 22.0 Å². The lowest BCUT2D eigenvalue weighted by Crippen LogP contribution is -2.35. The van der Waals surface area contributed by atoms with Gasteiger partial charge in [-0.25, -0.2) is 13.1 Å². The van der Waals surface area contributed by atoms with Crippen LogP contribution in [0.4, 0.5) is 11.4 Å². The molecule has 1 aromatic rings. The molecule has 1 aliphatic carbocycles. The number of nitrogens with zero attached hydrogens (tertiary/aromatic N) is 2. The maximum absolute atomic E-state index is 11.9. The van der Waals surface area contributed by atoms with Crippen LogP contribution < -0.4 is 9.62 Å². The van der Waals surface area contributed by atoms with Crippen molar-refractivity contribution in [3.05, 3.63) is 28.3 Å². The Morgan fingerprint density at radius 3 is 2.67 bits per heavy atom. The van der Waals surface area contributed by atoms with Gasteiger partial charge in [0, 0.05) is 18.7 Å². The summed E-state index contributed by atoms with van der Waals surface area (Å²) in [5, 5.41) is 11.6. The molecule has 2 fully saturated rings. The lowest BCUT2D eigenvalue weighted by atomic mass is 9.80. The lowest BCUT2D eigenvalue weighted by Gasteiger charge is -2.33. The summed E-state index contributed by atoms with van der Waals surface area (Å²) in [6.07, 6.45) is 4.58. The van der Waals surface area contributed by atoms with E-state index in [-0.39, 0.29) is 10.6 Å². The lowest BCUT2D eigenvalue weighted by molar-refractivity contribution is -0.384. The Hall–Kier alpha value is -1.67.